The van der Waals surface area contributed by atoms with Crippen molar-refractivity contribution in [1.82, 2.24) is 14.9 Å². The third-order valence-electron chi connectivity index (χ3n) is 5.95. The number of halogens is 1. The van der Waals surface area contributed by atoms with Crippen molar-refractivity contribution >= 4 is 17.1 Å². The predicted octanol–water partition coefficient (Wildman–Crippen LogP) is 5.88. The summed E-state index contributed by atoms with van der Waals surface area (Å²) in [5.41, 5.74) is 2.88. The number of aromatic nitrogens is 2. The molecule has 1 aliphatic heterocycles. The number of methoxy groups -OCH3 is 1. The minimum Gasteiger partial charge on any atom is -0.496 e. The summed E-state index contributed by atoms with van der Waals surface area (Å²) in [5, 5.41) is 0.925. The zero-order valence-corrected chi connectivity index (χ0v) is 19.2. The average molecular weight is 440 g/mol. The number of nitrogens with zero attached hydrogens (tertiary/aromatic N) is 2. The number of pyridine rings is 1. The Morgan fingerprint density at radius 2 is 2.00 bits per heavy atom. The standard InChI is InChI=1S/C25H30FN3O3/c1-15-12-16(9-11-29(15)24(30)32-25(2,3)4)21-14-20-18(8-10-27-23(20)28-21)19-13-17(26)6-7-22(19)31-5/h6-8,10,13-16H,9,11-12H2,1-5H3,(H,27,28). The van der Waals surface area contributed by atoms with Gasteiger partial charge in [0.1, 0.15) is 22.8 Å². The van der Waals surface area contributed by atoms with E-state index in [0.717, 1.165) is 35.1 Å². The van der Waals surface area contributed by atoms with Crippen LogP contribution in [-0.4, -0.2) is 46.3 Å². The molecular formula is C25H30FN3O3. The molecule has 1 aliphatic rings. The second-order valence-corrected chi connectivity index (χ2v) is 9.43. The molecule has 3 aromatic rings. The summed E-state index contributed by atoms with van der Waals surface area (Å²) in [5.74, 6) is 0.561. The topological polar surface area (TPSA) is 67.5 Å². The SMILES string of the molecule is COc1ccc(F)cc1-c1ccnc2[nH]c(C3CCN(C(=O)OC(C)(C)C)C(C)C3)cc12. The highest BCUT2D eigenvalue weighted by Crippen LogP contribution is 2.38. The summed E-state index contributed by atoms with van der Waals surface area (Å²) >= 11 is 0. The number of amides is 1. The monoisotopic (exact) mass is 439 g/mol. The average Bonchev–Trinajstić information content (AvgIpc) is 3.16. The summed E-state index contributed by atoms with van der Waals surface area (Å²) in [6, 6.07) is 8.56. The van der Waals surface area contributed by atoms with E-state index in [2.05, 4.69) is 23.0 Å². The van der Waals surface area contributed by atoms with Crippen LogP contribution in [0.25, 0.3) is 22.2 Å². The first-order valence-corrected chi connectivity index (χ1v) is 11.0. The normalized spacial score (nSPS) is 19.2. The molecule has 0 bridgehead atoms. The fourth-order valence-electron chi connectivity index (χ4n) is 4.44. The number of nitrogens with one attached hydrogen (secondary N) is 1. The van der Waals surface area contributed by atoms with Crippen LogP contribution in [0.2, 0.25) is 0 Å². The number of benzene rings is 1. The summed E-state index contributed by atoms with van der Waals surface area (Å²) in [7, 11) is 1.58. The second kappa shape index (κ2) is 8.45. The third kappa shape index (κ3) is 4.42. The van der Waals surface area contributed by atoms with Crippen molar-refractivity contribution in [2.24, 2.45) is 0 Å². The second-order valence-electron chi connectivity index (χ2n) is 9.43. The Labute approximate surface area is 187 Å². The first-order chi connectivity index (χ1) is 15.2. The molecule has 3 heterocycles. The summed E-state index contributed by atoms with van der Waals surface area (Å²) < 4.78 is 25.0. The van der Waals surface area contributed by atoms with Gasteiger partial charge in [0.25, 0.3) is 0 Å². The van der Waals surface area contributed by atoms with E-state index in [4.69, 9.17) is 9.47 Å². The molecule has 1 aromatic carbocycles. The molecule has 0 radical (unpaired) electrons. The fraction of sp³-hybridized carbons (Fsp3) is 0.440. The largest absolute Gasteiger partial charge is 0.496 e. The van der Waals surface area contributed by atoms with Gasteiger partial charge >= 0.3 is 6.09 Å². The molecule has 1 saturated heterocycles. The van der Waals surface area contributed by atoms with Gasteiger partial charge in [0, 0.05) is 41.3 Å². The van der Waals surface area contributed by atoms with Crippen LogP contribution in [-0.2, 0) is 4.74 Å². The molecule has 4 rings (SSSR count). The number of hydrogen-bond acceptors (Lipinski definition) is 4. The number of carbonyl (C=O) groups is 1. The Hall–Kier alpha value is -3.09. The summed E-state index contributed by atoms with van der Waals surface area (Å²) in [4.78, 5) is 22.3. The number of rotatable bonds is 3. The van der Waals surface area contributed by atoms with Gasteiger partial charge in [-0.2, -0.15) is 0 Å². The van der Waals surface area contributed by atoms with Crippen molar-refractivity contribution in [2.75, 3.05) is 13.7 Å². The maximum absolute atomic E-state index is 14.0. The van der Waals surface area contributed by atoms with E-state index >= 15 is 0 Å². The van der Waals surface area contributed by atoms with Crippen LogP contribution in [0.1, 0.15) is 52.1 Å². The van der Waals surface area contributed by atoms with E-state index in [1.807, 2.05) is 31.7 Å². The van der Waals surface area contributed by atoms with Gasteiger partial charge in [-0.25, -0.2) is 14.2 Å². The van der Waals surface area contributed by atoms with E-state index in [1.165, 1.54) is 12.1 Å². The minimum absolute atomic E-state index is 0.0609. The maximum atomic E-state index is 14.0. The number of carbonyl (C=O) groups excluding carboxylic acids is 1. The van der Waals surface area contributed by atoms with Gasteiger partial charge in [0.2, 0.25) is 0 Å². The first kappa shape index (κ1) is 22.1. The molecule has 7 heteroatoms. The molecule has 2 unspecified atom stereocenters. The number of likely N-dealkylation sites (tertiary alicyclic amines) is 1. The van der Waals surface area contributed by atoms with Crippen molar-refractivity contribution in [1.29, 1.82) is 0 Å². The number of aromatic amines is 1. The molecule has 6 nitrogen and oxygen atoms in total. The van der Waals surface area contributed by atoms with E-state index in [1.54, 1.807) is 19.4 Å². The molecule has 32 heavy (non-hydrogen) atoms. The van der Waals surface area contributed by atoms with Crippen LogP contribution in [0.5, 0.6) is 5.75 Å². The Morgan fingerprint density at radius 1 is 1.22 bits per heavy atom. The molecule has 1 N–H and O–H groups in total. The highest BCUT2D eigenvalue weighted by molar-refractivity contribution is 5.95. The predicted molar refractivity (Wildman–Crippen MR) is 122 cm³/mol. The van der Waals surface area contributed by atoms with Gasteiger partial charge in [-0.15, -0.1) is 0 Å². The van der Waals surface area contributed by atoms with Crippen LogP contribution in [0.4, 0.5) is 9.18 Å². The lowest BCUT2D eigenvalue weighted by Crippen LogP contribution is -2.46. The Balaban J connectivity index is 1.61. The van der Waals surface area contributed by atoms with Crippen LogP contribution in [0, 0.1) is 5.82 Å². The smallest absolute Gasteiger partial charge is 0.410 e. The zero-order chi connectivity index (χ0) is 23.0. The number of H-pyrrole nitrogens is 1. The lowest BCUT2D eigenvalue weighted by molar-refractivity contribution is 0.0102. The Kier molecular flexibility index (Phi) is 5.84. The van der Waals surface area contributed by atoms with Crippen molar-refractivity contribution in [2.45, 2.75) is 58.1 Å². The van der Waals surface area contributed by atoms with Crippen molar-refractivity contribution < 1.29 is 18.7 Å². The molecular weight excluding hydrogens is 409 g/mol. The maximum Gasteiger partial charge on any atom is 0.410 e. The zero-order valence-electron chi connectivity index (χ0n) is 19.2. The molecule has 0 spiro atoms. The van der Waals surface area contributed by atoms with Crippen LogP contribution in [0.3, 0.4) is 0 Å². The number of fused-ring (bicyclic) bond motifs is 1. The summed E-state index contributed by atoms with van der Waals surface area (Å²) in [6.07, 6.45) is 3.11. The quantitative estimate of drug-likeness (QED) is 0.553. The van der Waals surface area contributed by atoms with E-state index < -0.39 is 5.60 Å². The molecule has 0 aliphatic carbocycles. The molecule has 1 fully saturated rings. The van der Waals surface area contributed by atoms with E-state index in [0.29, 0.717) is 17.9 Å². The first-order valence-electron chi connectivity index (χ1n) is 11.0. The number of hydrogen-bond donors (Lipinski definition) is 1. The fourth-order valence-corrected chi connectivity index (χ4v) is 4.44. The number of ether oxygens (including phenoxy) is 2. The van der Waals surface area contributed by atoms with Crippen LogP contribution in [0.15, 0.2) is 36.5 Å². The highest BCUT2D eigenvalue weighted by Gasteiger charge is 2.33. The van der Waals surface area contributed by atoms with E-state index in [-0.39, 0.29) is 23.9 Å². The van der Waals surface area contributed by atoms with Gasteiger partial charge in [-0.3, -0.25) is 0 Å². The lowest BCUT2D eigenvalue weighted by Gasteiger charge is -2.38. The molecule has 2 aromatic heterocycles. The molecule has 0 saturated carbocycles. The van der Waals surface area contributed by atoms with Crippen molar-refractivity contribution in [3.05, 3.63) is 48.0 Å². The van der Waals surface area contributed by atoms with Gasteiger partial charge in [-0.1, -0.05) is 0 Å². The van der Waals surface area contributed by atoms with Crippen LogP contribution >= 0.6 is 0 Å². The molecule has 170 valence electrons. The molecule has 1 amide bonds. The Bertz CT molecular complexity index is 1140. The minimum atomic E-state index is -0.509. The third-order valence-corrected chi connectivity index (χ3v) is 5.95. The van der Waals surface area contributed by atoms with Gasteiger partial charge in [-0.05, 0) is 76.4 Å². The van der Waals surface area contributed by atoms with Crippen molar-refractivity contribution in [3.63, 3.8) is 0 Å². The van der Waals surface area contributed by atoms with Gasteiger partial charge in [0.15, 0.2) is 0 Å². The highest BCUT2D eigenvalue weighted by atomic mass is 19.1. The van der Waals surface area contributed by atoms with Crippen molar-refractivity contribution in [3.8, 4) is 16.9 Å². The van der Waals surface area contributed by atoms with Crippen LogP contribution < -0.4 is 4.74 Å². The lowest BCUT2D eigenvalue weighted by atomic mass is 9.89. The summed E-state index contributed by atoms with van der Waals surface area (Å²) in [6.45, 7) is 8.33. The van der Waals surface area contributed by atoms with E-state index in [9.17, 15) is 9.18 Å². The molecule has 2 atom stereocenters. The van der Waals surface area contributed by atoms with Gasteiger partial charge in [0.05, 0.1) is 7.11 Å². The number of piperidine rings is 1. The Morgan fingerprint density at radius 3 is 2.69 bits per heavy atom. The van der Waals surface area contributed by atoms with Gasteiger partial charge < -0.3 is 19.4 Å².